The fourth-order valence-corrected chi connectivity index (χ4v) is 2.04. The van der Waals surface area contributed by atoms with E-state index in [2.05, 4.69) is 18.9 Å². The highest BCUT2D eigenvalue weighted by molar-refractivity contribution is 5.92. The minimum Gasteiger partial charge on any atom is -0.378 e. The molecule has 1 fully saturated rings. The van der Waals surface area contributed by atoms with Crippen LogP contribution in [0.3, 0.4) is 0 Å². The van der Waals surface area contributed by atoms with E-state index in [4.69, 9.17) is 4.74 Å². The zero-order valence-electron chi connectivity index (χ0n) is 10.6. The summed E-state index contributed by atoms with van der Waals surface area (Å²) in [6.45, 7) is 8.65. The number of morpholine rings is 1. The fourth-order valence-electron chi connectivity index (χ4n) is 2.04. The molecule has 2 heterocycles. The summed E-state index contributed by atoms with van der Waals surface area (Å²) in [5.41, 5.74) is 1.56. The van der Waals surface area contributed by atoms with Gasteiger partial charge in [-0.1, -0.05) is 0 Å². The minimum absolute atomic E-state index is 0.0100. The molecule has 0 spiro atoms. The smallest absolute Gasteiger partial charge is 0.274 e. The molecule has 0 bridgehead atoms. The molecule has 2 rings (SSSR count). The van der Waals surface area contributed by atoms with Crippen molar-refractivity contribution < 1.29 is 9.53 Å². The van der Waals surface area contributed by atoms with Crippen LogP contribution in [0.5, 0.6) is 0 Å². The van der Waals surface area contributed by atoms with E-state index in [0.717, 1.165) is 5.69 Å². The summed E-state index contributed by atoms with van der Waals surface area (Å²) in [4.78, 5) is 14.0. The van der Waals surface area contributed by atoms with Gasteiger partial charge in [0.05, 0.1) is 13.2 Å². The number of carbonyl (C=O) groups is 1. The molecule has 94 valence electrons. The van der Waals surface area contributed by atoms with Crippen molar-refractivity contribution in [3.8, 4) is 0 Å². The fraction of sp³-hybridized carbons (Fsp3) is 0.667. The average molecular weight is 237 g/mol. The van der Waals surface area contributed by atoms with Gasteiger partial charge >= 0.3 is 0 Å². The van der Waals surface area contributed by atoms with Crippen molar-refractivity contribution in [1.29, 1.82) is 0 Å². The van der Waals surface area contributed by atoms with Crippen molar-refractivity contribution in [3.05, 3.63) is 17.5 Å². The van der Waals surface area contributed by atoms with Crippen LogP contribution in [0, 0.1) is 6.92 Å². The van der Waals surface area contributed by atoms with Crippen LogP contribution in [0.2, 0.25) is 0 Å². The van der Waals surface area contributed by atoms with Crippen LogP contribution >= 0.6 is 0 Å². The number of nitrogens with zero attached hydrogens (tertiary/aromatic N) is 3. The maximum Gasteiger partial charge on any atom is 0.274 e. The first-order valence-corrected chi connectivity index (χ1v) is 6.03. The van der Waals surface area contributed by atoms with Crippen LogP contribution in [-0.2, 0) is 4.74 Å². The second-order valence-corrected chi connectivity index (χ2v) is 4.61. The summed E-state index contributed by atoms with van der Waals surface area (Å²) in [6.07, 6.45) is 0. The number of hydrogen-bond donors (Lipinski definition) is 0. The maximum absolute atomic E-state index is 12.2. The minimum atomic E-state index is 0.0100. The van der Waals surface area contributed by atoms with Crippen LogP contribution in [-0.4, -0.2) is 46.9 Å². The Labute approximate surface area is 101 Å². The number of amides is 1. The molecule has 0 aromatic carbocycles. The van der Waals surface area contributed by atoms with Crippen LogP contribution in [0.15, 0.2) is 6.07 Å². The van der Waals surface area contributed by atoms with Crippen LogP contribution in [0.1, 0.15) is 36.1 Å². The maximum atomic E-state index is 12.2. The molecule has 5 heteroatoms. The highest BCUT2D eigenvalue weighted by Gasteiger charge is 2.21. The Morgan fingerprint density at radius 2 is 2.06 bits per heavy atom. The van der Waals surface area contributed by atoms with Gasteiger partial charge in [0.25, 0.3) is 5.91 Å². The van der Waals surface area contributed by atoms with E-state index < -0.39 is 0 Å². The van der Waals surface area contributed by atoms with E-state index in [9.17, 15) is 4.79 Å². The predicted molar refractivity (Wildman–Crippen MR) is 64.1 cm³/mol. The van der Waals surface area contributed by atoms with Gasteiger partial charge in [0.1, 0.15) is 0 Å². The summed E-state index contributed by atoms with van der Waals surface area (Å²) in [7, 11) is 0. The van der Waals surface area contributed by atoms with Crippen molar-refractivity contribution in [2.45, 2.75) is 26.8 Å². The number of rotatable bonds is 2. The molecule has 1 saturated heterocycles. The molecule has 5 nitrogen and oxygen atoms in total. The zero-order chi connectivity index (χ0) is 12.4. The molecule has 0 N–H and O–H groups in total. The molecular weight excluding hydrogens is 218 g/mol. The molecule has 1 amide bonds. The Morgan fingerprint density at radius 3 is 2.59 bits per heavy atom. The average Bonchev–Trinajstić information content (AvgIpc) is 2.71. The summed E-state index contributed by atoms with van der Waals surface area (Å²) in [6, 6.07) is 2.14. The molecule has 0 saturated carbocycles. The number of aryl methyl sites for hydroxylation is 1. The van der Waals surface area contributed by atoms with Crippen molar-refractivity contribution in [2.24, 2.45) is 0 Å². The summed E-state index contributed by atoms with van der Waals surface area (Å²) < 4.78 is 7.12. The Balaban J connectivity index is 2.16. The Morgan fingerprint density at radius 1 is 1.41 bits per heavy atom. The Kier molecular flexibility index (Phi) is 3.47. The van der Waals surface area contributed by atoms with Crippen LogP contribution in [0.4, 0.5) is 0 Å². The Bertz CT molecular complexity index is 406. The van der Waals surface area contributed by atoms with Gasteiger partial charge in [-0.15, -0.1) is 0 Å². The molecule has 0 unspecified atom stereocenters. The van der Waals surface area contributed by atoms with Crippen molar-refractivity contribution >= 4 is 5.91 Å². The van der Waals surface area contributed by atoms with Crippen LogP contribution in [0.25, 0.3) is 0 Å². The normalized spacial score (nSPS) is 16.6. The monoisotopic (exact) mass is 237 g/mol. The summed E-state index contributed by atoms with van der Waals surface area (Å²) >= 11 is 0. The number of carbonyl (C=O) groups excluding carboxylic acids is 1. The largest absolute Gasteiger partial charge is 0.378 e. The highest BCUT2D eigenvalue weighted by atomic mass is 16.5. The lowest BCUT2D eigenvalue weighted by atomic mass is 10.3. The topological polar surface area (TPSA) is 47.4 Å². The number of ether oxygens (including phenoxy) is 1. The summed E-state index contributed by atoms with van der Waals surface area (Å²) in [5, 5.41) is 4.37. The zero-order valence-corrected chi connectivity index (χ0v) is 10.6. The van der Waals surface area contributed by atoms with E-state index in [0.29, 0.717) is 32.0 Å². The third-order valence-electron chi connectivity index (χ3n) is 2.93. The van der Waals surface area contributed by atoms with Gasteiger partial charge in [-0.25, -0.2) is 0 Å². The molecule has 1 aromatic heterocycles. The van der Waals surface area contributed by atoms with E-state index >= 15 is 0 Å². The quantitative estimate of drug-likeness (QED) is 0.777. The van der Waals surface area contributed by atoms with E-state index in [1.165, 1.54) is 0 Å². The standard InChI is InChI=1S/C12H19N3O2/c1-9(2)15-10(3)8-11(13-15)12(16)14-4-6-17-7-5-14/h8-9H,4-7H2,1-3H3. The van der Waals surface area contributed by atoms with Gasteiger partial charge < -0.3 is 9.64 Å². The van der Waals surface area contributed by atoms with E-state index in [1.54, 1.807) is 4.90 Å². The first kappa shape index (κ1) is 12.1. The summed E-state index contributed by atoms with van der Waals surface area (Å²) in [5.74, 6) is 0.0100. The van der Waals surface area contributed by atoms with Gasteiger partial charge in [-0.05, 0) is 26.8 Å². The molecule has 0 aliphatic carbocycles. The molecule has 0 atom stereocenters. The van der Waals surface area contributed by atoms with Gasteiger partial charge in [0, 0.05) is 24.8 Å². The lowest BCUT2D eigenvalue weighted by Crippen LogP contribution is -2.40. The van der Waals surface area contributed by atoms with Crippen molar-refractivity contribution in [1.82, 2.24) is 14.7 Å². The van der Waals surface area contributed by atoms with Crippen molar-refractivity contribution in [3.63, 3.8) is 0 Å². The first-order chi connectivity index (χ1) is 8.09. The predicted octanol–water partition coefficient (Wildman–Crippen LogP) is 1.24. The number of hydrogen-bond acceptors (Lipinski definition) is 3. The van der Waals surface area contributed by atoms with Gasteiger partial charge in [0.15, 0.2) is 5.69 Å². The molecule has 1 aromatic rings. The Hall–Kier alpha value is -1.36. The van der Waals surface area contributed by atoms with Gasteiger partial charge in [-0.3, -0.25) is 9.48 Å². The molecule has 0 radical (unpaired) electrons. The van der Waals surface area contributed by atoms with E-state index in [1.807, 2.05) is 17.7 Å². The first-order valence-electron chi connectivity index (χ1n) is 6.03. The molecule has 1 aliphatic heterocycles. The van der Waals surface area contributed by atoms with Crippen molar-refractivity contribution in [2.75, 3.05) is 26.3 Å². The number of aromatic nitrogens is 2. The molecule has 17 heavy (non-hydrogen) atoms. The SMILES string of the molecule is Cc1cc(C(=O)N2CCOCC2)nn1C(C)C. The highest BCUT2D eigenvalue weighted by Crippen LogP contribution is 2.12. The van der Waals surface area contributed by atoms with Crippen LogP contribution < -0.4 is 0 Å². The second kappa shape index (κ2) is 4.87. The third-order valence-corrected chi connectivity index (χ3v) is 2.93. The second-order valence-electron chi connectivity index (χ2n) is 4.61. The molecule has 1 aliphatic rings. The van der Waals surface area contributed by atoms with Gasteiger partial charge in [-0.2, -0.15) is 5.10 Å². The van der Waals surface area contributed by atoms with Gasteiger partial charge in [0.2, 0.25) is 0 Å². The lowest BCUT2D eigenvalue weighted by Gasteiger charge is -2.25. The lowest BCUT2D eigenvalue weighted by molar-refractivity contribution is 0.0298. The third kappa shape index (κ3) is 2.49. The van der Waals surface area contributed by atoms with E-state index in [-0.39, 0.29) is 11.9 Å². The molecular formula is C12H19N3O2.